The number of nitrogens with one attached hydrogen (secondary N) is 1. The van der Waals surface area contributed by atoms with Crippen LogP contribution in [0.25, 0.3) is 0 Å². The molecule has 0 aromatic heterocycles. The topological polar surface area (TPSA) is 29.1 Å². The van der Waals surface area contributed by atoms with Gasteiger partial charge in [0, 0.05) is 6.04 Å². The van der Waals surface area contributed by atoms with E-state index >= 15 is 0 Å². The van der Waals surface area contributed by atoms with Gasteiger partial charge in [-0.1, -0.05) is 97.5 Å². The summed E-state index contributed by atoms with van der Waals surface area (Å²) in [5.74, 6) is -0.0121. The lowest BCUT2D eigenvalue weighted by molar-refractivity contribution is -0.117. The molecule has 0 saturated carbocycles. The number of hydrogen-bond donors (Lipinski definition) is 1. The first kappa shape index (κ1) is 21.2. The maximum absolute atomic E-state index is 11.5. The van der Waals surface area contributed by atoms with E-state index in [0.717, 1.165) is 12.8 Å². The van der Waals surface area contributed by atoms with Crippen LogP contribution in [0.4, 0.5) is 0 Å². The maximum Gasteiger partial charge on any atom is 0.243 e. The Kier molecular flexibility index (Phi) is 16.0. The zero-order valence-corrected chi connectivity index (χ0v) is 15.2. The van der Waals surface area contributed by atoms with Crippen LogP contribution >= 0.6 is 0 Å². The van der Waals surface area contributed by atoms with Crippen molar-refractivity contribution in [3.63, 3.8) is 0 Å². The van der Waals surface area contributed by atoms with Gasteiger partial charge in [0.25, 0.3) is 0 Å². The van der Waals surface area contributed by atoms with Crippen LogP contribution in [0, 0.1) is 0 Å². The van der Waals surface area contributed by atoms with Crippen LogP contribution in [0.15, 0.2) is 12.7 Å². The molecule has 0 aliphatic rings. The minimum atomic E-state index is -0.0121. The van der Waals surface area contributed by atoms with E-state index in [1.165, 1.54) is 83.1 Å². The van der Waals surface area contributed by atoms with Gasteiger partial charge in [-0.15, -0.1) is 0 Å². The lowest BCUT2D eigenvalue weighted by Gasteiger charge is -2.18. The van der Waals surface area contributed by atoms with Gasteiger partial charge >= 0.3 is 0 Å². The van der Waals surface area contributed by atoms with Crippen molar-refractivity contribution < 1.29 is 4.79 Å². The summed E-state index contributed by atoms with van der Waals surface area (Å²) in [6.45, 7) is 8.06. The van der Waals surface area contributed by atoms with Crippen molar-refractivity contribution in [1.29, 1.82) is 0 Å². The third kappa shape index (κ3) is 14.2. The normalized spacial score (nSPS) is 10.9. The van der Waals surface area contributed by atoms with Gasteiger partial charge in [-0.3, -0.25) is 4.79 Å². The van der Waals surface area contributed by atoms with Crippen LogP contribution in [0.5, 0.6) is 0 Å². The molecule has 0 bridgehead atoms. The van der Waals surface area contributed by atoms with Crippen molar-refractivity contribution >= 4 is 5.91 Å². The third-order valence-electron chi connectivity index (χ3n) is 4.34. The molecule has 0 aliphatic heterocycles. The Morgan fingerprint density at radius 2 is 1.23 bits per heavy atom. The van der Waals surface area contributed by atoms with Crippen molar-refractivity contribution in [2.45, 2.75) is 110 Å². The molecule has 0 fully saturated rings. The highest BCUT2D eigenvalue weighted by Gasteiger charge is 2.10. The molecule has 0 aromatic carbocycles. The molecule has 0 heterocycles. The molecule has 1 amide bonds. The Hall–Kier alpha value is -0.790. The Morgan fingerprint density at radius 1 is 0.818 bits per heavy atom. The zero-order chi connectivity index (χ0) is 16.5. The fraction of sp³-hybridized carbons (Fsp3) is 0.850. The summed E-state index contributed by atoms with van der Waals surface area (Å²) in [6, 6.07) is 0.350. The minimum Gasteiger partial charge on any atom is -0.350 e. The van der Waals surface area contributed by atoms with Gasteiger partial charge in [-0.05, 0) is 18.9 Å². The molecule has 1 N–H and O–H groups in total. The Labute approximate surface area is 139 Å². The van der Waals surface area contributed by atoms with Crippen LogP contribution in [0.2, 0.25) is 0 Å². The lowest BCUT2D eigenvalue weighted by Crippen LogP contribution is -2.33. The molecular formula is C20H39NO. The fourth-order valence-electron chi connectivity index (χ4n) is 2.89. The van der Waals surface area contributed by atoms with Gasteiger partial charge in [0.15, 0.2) is 0 Å². The number of amides is 1. The molecular weight excluding hydrogens is 270 g/mol. The van der Waals surface area contributed by atoms with E-state index in [0.29, 0.717) is 6.04 Å². The first-order valence-corrected chi connectivity index (χ1v) is 9.67. The predicted octanol–water partition coefficient (Wildman–Crippen LogP) is 6.16. The lowest BCUT2D eigenvalue weighted by atomic mass is 10.00. The summed E-state index contributed by atoms with van der Waals surface area (Å²) in [4.78, 5) is 11.5. The molecule has 0 aliphatic carbocycles. The average molecular weight is 310 g/mol. The van der Waals surface area contributed by atoms with E-state index in [9.17, 15) is 4.79 Å². The first-order valence-electron chi connectivity index (χ1n) is 9.67. The molecule has 0 saturated heterocycles. The second-order valence-electron chi connectivity index (χ2n) is 6.52. The van der Waals surface area contributed by atoms with Crippen LogP contribution in [-0.4, -0.2) is 11.9 Å². The van der Waals surface area contributed by atoms with Gasteiger partial charge in [0.1, 0.15) is 0 Å². The van der Waals surface area contributed by atoms with Crippen LogP contribution in [-0.2, 0) is 4.79 Å². The second-order valence-corrected chi connectivity index (χ2v) is 6.52. The molecule has 0 unspecified atom stereocenters. The molecule has 0 rings (SSSR count). The Balaban J connectivity index is 3.79. The highest BCUT2D eigenvalue weighted by molar-refractivity contribution is 5.87. The van der Waals surface area contributed by atoms with Crippen molar-refractivity contribution in [2.24, 2.45) is 0 Å². The molecule has 0 atom stereocenters. The van der Waals surface area contributed by atoms with Crippen LogP contribution in [0.1, 0.15) is 104 Å². The van der Waals surface area contributed by atoms with Gasteiger partial charge in [-0.2, -0.15) is 0 Å². The smallest absolute Gasteiger partial charge is 0.243 e. The van der Waals surface area contributed by atoms with Gasteiger partial charge in [0.05, 0.1) is 0 Å². The maximum atomic E-state index is 11.5. The number of carbonyl (C=O) groups excluding carboxylic acids is 1. The monoisotopic (exact) mass is 309 g/mol. The summed E-state index contributed by atoms with van der Waals surface area (Å²) in [5.41, 5.74) is 0. The number of rotatable bonds is 16. The predicted molar refractivity (Wildman–Crippen MR) is 98.1 cm³/mol. The fourth-order valence-corrected chi connectivity index (χ4v) is 2.89. The van der Waals surface area contributed by atoms with Gasteiger partial charge in [-0.25, -0.2) is 0 Å². The molecule has 0 radical (unpaired) electrons. The highest BCUT2D eigenvalue weighted by atomic mass is 16.1. The molecule has 22 heavy (non-hydrogen) atoms. The van der Waals surface area contributed by atoms with E-state index in [4.69, 9.17) is 0 Å². The van der Waals surface area contributed by atoms with Crippen molar-refractivity contribution in [3.8, 4) is 0 Å². The third-order valence-corrected chi connectivity index (χ3v) is 4.34. The highest BCUT2D eigenvalue weighted by Crippen LogP contribution is 2.14. The standard InChI is InChI=1S/C20H39NO/c1-4-7-9-11-13-15-17-19(21-20(22)6-3)18-16-14-12-10-8-5-2/h6,19H,3-5,7-18H2,1-2H3,(H,21,22). The second kappa shape index (κ2) is 16.6. The van der Waals surface area contributed by atoms with Crippen LogP contribution in [0.3, 0.4) is 0 Å². The van der Waals surface area contributed by atoms with Crippen LogP contribution < -0.4 is 5.32 Å². The van der Waals surface area contributed by atoms with Crippen molar-refractivity contribution in [2.75, 3.05) is 0 Å². The zero-order valence-electron chi connectivity index (χ0n) is 15.2. The van der Waals surface area contributed by atoms with E-state index in [1.807, 2.05) is 0 Å². The Morgan fingerprint density at radius 3 is 1.64 bits per heavy atom. The van der Waals surface area contributed by atoms with E-state index in [-0.39, 0.29) is 5.91 Å². The summed E-state index contributed by atoms with van der Waals surface area (Å²) in [5, 5.41) is 3.11. The van der Waals surface area contributed by atoms with E-state index in [1.54, 1.807) is 0 Å². The number of hydrogen-bond acceptors (Lipinski definition) is 1. The quantitative estimate of drug-likeness (QED) is 0.268. The molecule has 0 aromatic rings. The SMILES string of the molecule is C=CC(=O)NC(CCCCCCCC)CCCCCCCC. The molecule has 2 heteroatoms. The van der Waals surface area contributed by atoms with Gasteiger partial charge < -0.3 is 5.32 Å². The Bertz CT molecular complexity index is 246. The molecule has 0 spiro atoms. The minimum absolute atomic E-state index is 0.0121. The molecule has 2 nitrogen and oxygen atoms in total. The number of unbranched alkanes of at least 4 members (excludes halogenated alkanes) is 10. The summed E-state index contributed by atoms with van der Waals surface area (Å²) in [7, 11) is 0. The summed E-state index contributed by atoms with van der Waals surface area (Å²) in [6.07, 6.45) is 19.4. The first-order chi connectivity index (χ1) is 10.7. The number of carbonyl (C=O) groups is 1. The molecule has 130 valence electrons. The van der Waals surface area contributed by atoms with Crippen molar-refractivity contribution in [1.82, 2.24) is 5.32 Å². The van der Waals surface area contributed by atoms with Crippen molar-refractivity contribution in [3.05, 3.63) is 12.7 Å². The summed E-state index contributed by atoms with van der Waals surface area (Å²) >= 11 is 0. The largest absolute Gasteiger partial charge is 0.350 e. The summed E-state index contributed by atoms with van der Waals surface area (Å²) < 4.78 is 0. The van der Waals surface area contributed by atoms with E-state index in [2.05, 4.69) is 25.7 Å². The van der Waals surface area contributed by atoms with E-state index < -0.39 is 0 Å². The average Bonchev–Trinajstić information content (AvgIpc) is 2.53. The van der Waals surface area contributed by atoms with Gasteiger partial charge in [0.2, 0.25) is 5.91 Å².